The summed E-state index contributed by atoms with van der Waals surface area (Å²) >= 11 is 0. The van der Waals surface area contributed by atoms with Crippen molar-refractivity contribution in [3.8, 4) is 0 Å². The lowest BCUT2D eigenvalue weighted by molar-refractivity contribution is 0.346. The predicted molar refractivity (Wildman–Crippen MR) is 64.0 cm³/mol. The summed E-state index contributed by atoms with van der Waals surface area (Å²) in [5.41, 5.74) is 0. The van der Waals surface area contributed by atoms with Gasteiger partial charge in [0.2, 0.25) is 0 Å². The van der Waals surface area contributed by atoms with Gasteiger partial charge < -0.3 is 0 Å². The summed E-state index contributed by atoms with van der Waals surface area (Å²) in [5.74, 6) is 2.77. The van der Waals surface area contributed by atoms with Crippen molar-refractivity contribution in [2.75, 3.05) is 0 Å². The van der Waals surface area contributed by atoms with Crippen LogP contribution in [0.5, 0.6) is 0 Å². The highest BCUT2D eigenvalue weighted by molar-refractivity contribution is 4.62. The van der Waals surface area contributed by atoms with Crippen molar-refractivity contribution in [3.63, 3.8) is 0 Å². The third kappa shape index (κ3) is 12.0. The molecule has 0 nitrogen and oxygen atoms in total. The van der Waals surface area contributed by atoms with Crippen molar-refractivity contribution >= 4 is 0 Å². The van der Waals surface area contributed by atoms with Crippen LogP contribution in [0.15, 0.2) is 0 Å². The van der Waals surface area contributed by atoms with Gasteiger partial charge in [-0.25, -0.2) is 0 Å². The molecule has 0 unspecified atom stereocenters. The van der Waals surface area contributed by atoms with Crippen LogP contribution >= 0.6 is 0 Å². The first-order chi connectivity index (χ1) is 6.04. The smallest absolute Gasteiger partial charge is 0.0443 e. The fourth-order valence-corrected chi connectivity index (χ4v) is 0.612. The third-order valence-electron chi connectivity index (χ3n) is 2.73. The molecule has 0 saturated heterocycles. The van der Waals surface area contributed by atoms with Gasteiger partial charge in [0.1, 0.15) is 0 Å². The third-order valence-corrected chi connectivity index (χ3v) is 2.73. The zero-order valence-corrected chi connectivity index (χ0v) is 10.9. The van der Waals surface area contributed by atoms with Gasteiger partial charge in [-0.1, -0.05) is 67.7 Å². The van der Waals surface area contributed by atoms with E-state index in [2.05, 4.69) is 34.6 Å². The fraction of sp³-hybridized carbons (Fsp3) is 1.00. The molecule has 0 spiro atoms. The second-order valence-corrected chi connectivity index (χ2v) is 4.52. The van der Waals surface area contributed by atoms with Gasteiger partial charge in [0.05, 0.1) is 0 Å². The van der Waals surface area contributed by atoms with Crippen molar-refractivity contribution in [3.05, 3.63) is 0 Å². The van der Waals surface area contributed by atoms with E-state index in [-0.39, 0.29) is 0 Å². The Labute approximate surface area is 86.1 Å². The number of hydrogen-bond acceptors (Lipinski definition) is 0. The standard InChI is InChI=1S/C6H14.C5H10.C2H6/c1-5(2)6(3)4;1-5-3-2-4-5;1-2/h5-6H,1-4H3;5H,2-4H2,1H3;1-2H3. The molecule has 0 aliphatic heterocycles. The summed E-state index contributed by atoms with van der Waals surface area (Å²) in [7, 11) is 0. The molecule has 0 aromatic heterocycles. The Balaban J connectivity index is 0. The SMILES string of the molecule is CC.CC(C)C(C)C.CC1CCC1. The summed E-state index contributed by atoms with van der Waals surface area (Å²) in [5, 5.41) is 0. The molecule has 1 rings (SSSR count). The second-order valence-electron chi connectivity index (χ2n) is 4.52. The molecule has 1 aliphatic carbocycles. The Morgan fingerprint density at radius 1 is 0.846 bits per heavy atom. The maximum absolute atomic E-state index is 2.31. The van der Waals surface area contributed by atoms with Gasteiger partial charge in [-0.05, 0) is 17.8 Å². The van der Waals surface area contributed by atoms with Crippen LogP contribution in [0, 0.1) is 17.8 Å². The topological polar surface area (TPSA) is 0 Å². The number of rotatable bonds is 1. The fourth-order valence-electron chi connectivity index (χ4n) is 0.612. The molecule has 1 aliphatic rings. The zero-order chi connectivity index (χ0) is 10.9. The lowest BCUT2D eigenvalue weighted by Crippen LogP contribution is -2.04. The van der Waals surface area contributed by atoms with E-state index in [4.69, 9.17) is 0 Å². The summed E-state index contributed by atoms with van der Waals surface area (Å²) in [6.07, 6.45) is 4.46. The van der Waals surface area contributed by atoms with Crippen molar-refractivity contribution < 1.29 is 0 Å². The molecule has 0 amide bonds. The highest BCUT2D eigenvalue weighted by Crippen LogP contribution is 2.24. The summed E-state index contributed by atoms with van der Waals surface area (Å²) < 4.78 is 0. The van der Waals surface area contributed by atoms with E-state index < -0.39 is 0 Å². The zero-order valence-electron chi connectivity index (χ0n) is 10.9. The number of hydrogen-bond donors (Lipinski definition) is 0. The van der Waals surface area contributed by atoms with Crippen molar-refractivity contribution in [1.82, 2.24) is 0 Å². The van der Waals surface area contributed by atoms with Crippen LogP contribution < -0.4 is 0 Å². The van der Waals surface area contributed by atoms with Crippen molar-refractivity contribution in [1.29, 1.82) is 0 Å². The first-order valence-electron chi connectivity index (χ1n) is 6.04. The summed E-state index contributed by atoms with van der Waals surface area (Å²) in [4.78, 5) is 0. The van der Waals surface area contributed by atoms with E-state index in [0.29, 0.717) is 0 Å². The molecular formula is C13H30. The van der Waals surface area contributed by atoms with Crippen LogP contribution in [-0.4, -0.2) is 0 Å². The van der Waals surface area contributed by atoms with Crippen LogP contribution in [0.25, 0.3) is 0 Å². The Morgan fingerprint density at radius 2 is 1.08 bits per heavy atom. The largest absolute Gasteiger partial charge is 0.0683 e. The minimum Gasteiger partial charge on any atom is -0.0683 e. The normalized spacial score (nSPS) is 15.5. The molecule has 0 heterocycles. The van der Waals surface area contributed by atoms with Crippen LogP contribution in [-0.2, 0) is 0 Å². The molecule has 1 fully saturated rings. The summed E-state index contributed by atoms with van der Waals surface area (Å²) in [6.45, 7) is 15.3. The molecule has 1 saturated carbocycles. The quantitative estimate of drug-likeness (QED) is 0.532. The molecule has 13 heavy (non-hydrogen) atoms. The Morgan fingerprint density at radius 3 is 1.08 bits per heavy atom. The maximum Gasteiger partial charge on any atom is -0.0443 e. The van der Waals surface area contributed by atoms with Crippen LogP contribution in [0.2, 0.25) is 0 Å². The Hall–Kier alpha value is 0. The van der Waals surface area contributed by atoms with Crippen molar-refractivity contribution in [2.24, 2.45) is 17.8 Å². The Bertz CT molecular complexity index is 72.0. The predicted octanol–water partition coefficient (Wildman–Crippen LogP) is 5.13. The highest BCUT2D eigenvalue weighted by Gasteiger charge is 2.09. The van der Waals surface area contributed by atoms with E-state index in [9.17, 15) is 0 Å². The van der Waals surface area contributed by atoms with Gasteiger partial charge in [-0.3, -0.25) is 0 Å². The Kier molecular flexibility index (Phi) is 12.0. The van der Waals surface area contributed by atoms with Crippen molar-refractivity contribution in [2.45, 2.75) is 67.7 Å². The van der Waals surface area contributed by atoms with Gasteiger partial charge in [0.15, 0.2) is 0 Å². The monoisotopic (exact) mass is 186 g/mol. The molecule has 0 aromatic rings. The molecule has 0 bridgehead atoms. The van der Waals surface area contributed by atoms with E-state index in [1.165, 1.54) is 19.3 Å². The average molecular weight is 186 g/mol. The van der Waals surface area contributed by atoms with E-state index in [1.807, 2.05) is 13.8 Å². The molecular weight excluding hydrogens is 156 g/mol. The van der Waals surface area contributed by atoms with E-state index in [0.717, 1.165) is 17.8 Å². The maximum atomic E-state index is 2.31. The van der Waals surface area contributed by atoms with E-state index in [1.54, 1.807) is 0 Å². The summed E-state index contributed by atoms with van der Waals surface area (Å²) in [6, 6.07) is 0. The first-order valence-corrected chi connectivity index (χ1v) is 6.04. The lowest BCUT2D eigenvalue weighted by atomic mass is 9.88. The minimum absolute atomic E-state index is 0.852. The first kappa shape index (κ1) is 15.5. The molecule has 0 aromatic carbocycles. The van der Waals surface area contributed by atoms with Gasteiger partial charge in [-0.2, -0.15) is 0 Å². The van der Waals surface area contributed by atoms with E-state index >= 15 is 0 Å². The minimum atomic E-state index is 0.852. The molecule has 0 atom stereocenters. The lowest BCUT2D eigenvalue weighted by Gasteiger charge is -2.18. The average Bonchev–Trinajstić information content (AvgIpc) is 2.05. The van der Waals surface area contributed by atoms with Gasteiger partial charge in [0, 0.05) is 0 Å². The van der Waals surface area contributed by atoms with Crippen LogP contribution in [0.1, 0.15) is 67.7 Å². The van der Waals surface area contributed by atoms with Gasteiger partial charge >= 0.3 is 0 Å². The van der Waals surface area contributed by atoms with Crippen LogP contribution in [0.4, 0.5) is 0 Å². The molecule has 0 heteroatoms. The van der Waals surface area contributed by atoms with Gasteiger partial charge in [0.25, 0.3) is 0 Å². The van der Waals surface area contributed by atoms with Crippen LogP contribution in [0.3, 0.4) is 0 Å². The molecule has 0 radical (unpaired) electrons. The molecule has 82 valence electrons. The van der Waals surface area contributed by atoms with Gasteiger partial charge in [-0.15, -0.1) is 0 Å². The molecule has 0 N–H and O–H groups in total. The second kappa shape index (κ2) is 10.1. The highest BCUT2D eigenvalue weighted by atomic mass is 14.1.